The molecule has 1 saturated carbocycles. The first-order valence-electron chi connectivity index (χ1n) is 9.96. The van der Waals surface area contributed by atoms with E-state index in [1.165, 1.54) is 0 Å². The zero-order valence-electron chi connectivity index (χ0n) is 15.8. The zero-order valence-corrected chi connectivity index (χ0v) is 15.8. The third-order valence-electron chi connectivity index (χ3n) is 5.68. The van der Waals surface area contributed by atoms with E-state index in [1.54, 1.807) is 0 Å². The average molecular weight is 375 g/mol. The van der Waals surface area contributed by atoms with Crippen LogP contribution < -0.4 is 5.73 Å². The number of fused-ring (bicyclic) bond motifs is 1. The molecule has 5 nitrogen and oxygen atoms in total. The van der Waals surface area contributed by atoms with Crippen LogP contribution in [0.2, 0.25) is 0 Å². The van der Waals surface area contributed by atoms with Crippen molar-refractivity contribution in [2.45, 2.75) is 38.2 Å². The predicted octanol–water partition coefficient (Wildman–Crippen LogP) is 4.55. The van der Waals surface area contributed by atoms with Crippen LogP contribution in [0.4, 0.5) is 4.79 Å². The van der Waals surface area contributed by atoms with Crippen LogP contribution in [0.25, 0.3) is 0 Å². The molecule has 28 heavy (non-hydrogen) atoms. The van der Waals surface area contributed by atoms with Crippen LogP contribution in [0.1, 0.15) is 43.2 Å². The van der Waals surface area contributed by atoms with Crippen LogP contribution in [-0.4, -0.2) is 23.6 Å². The number of hydrogen-bond acceptors (Lipinski definition) is 4. The average Bonchev–Trinajstić information content (AvgIpc) is 2.71. The Morgan fingerprint density at radius 2 is 1.39 bits per heavy atom. The summed E-state index contributed by atoms with van der Waals surface area (Å²) in [6.07, 6.45) is 4.01. The first kappa shape index (κ1) is 18.4. The number of carbonyl (C=O) groups is 1. The maximum absolute atomic E-state index is 11.7. The van der Waals surface area contributed by atoms with Gasteiger partial charge >= 0.3 is 6.09 Å². The number of benzene rings is 2. The molecule has 1 fully saturated rings. The summed E-state index contributed by atoms with van der Waals surface area (Å²) in [5.41, 5.74) is 9.39. The van der Waals surface area contributed by atoms with Crippen molar-refractivity contribution < 1.29 is 9.53 Å². The fourth-order valence-corrected chi connectivity index (χ4v) is 4.45. The molecule has 1 aliphatic heterocycles. The van der Waals surface area contributed by atoms with E-state index in [-0.39, 0.29) is 17.9 Å². The second-order valence-corrected chi connectivity index (χ2v) is 7.45. The highest BCUT2D eigenvalue weighted by Crippen LogP contribution is 2.37. The van der Waals surface area contributed by atoms with Gasteiger partial charge in [0.05, 0.1) is 11.4 Å². The Balaban J connectivity index is 1.82. The highest BCUT2D eigenvalue weighted by molar-refractivity contribution is 6.11. The smallest absolute Gasteiger partial charge is 0.404 e. The van der Waals surface area contributed by atoms with Gasteiger partial charge in [-0.25, -0.2) is 4.79 Å². The largest absolute Gasteiger partial charge is 0.446 e. The lowest BCUT2D eigenvalue weighted by atomic mass is 9.71. The van der Waals surface area contributed by atoms with Crippen molar-refractivity contribution in [2.24, 2.45) is 27.8 Å². The van der Waals surface area contributed by atoms with E-state index < -0.39 is 6.09 Å². The quantitative estimate of drug-likeness (QED) is 0.854. The van der Waals surface area contributed by atoms with E-state index >= 15 is 0 Å². The summed E-state index contributed by atoms with van der Waals surface area (Å²) in [7, 11) is 0. The summed E-state index contributed by atoms with van der Waals surface area (Å²) in [6, 6.07) is 20.2. The summed E-state index contributed by atoms with van der Waals surface area (Å²) in [5, 5.41) is 9.30. The van der Waals surface area contributed by atoms with Gasteiger partial charge < -0.3 is 10.5 Å². The molecule has 0 saturated heterocycles. The summed E-state index contributed by atoms with van der Waals surface area (Å²) < 4.78 is 5.64. The normalized spacial score (nSPS) is 24.8. The highest BCUT2D eigenvalue weighted by Gasteiger charge is 2.41. The van der Waals surface area contributed by atoms with Crippen molar-refractivity contribution in [2.75, 3.05) is 0 Å². The van der Waals surface area contributed by atoms with Gasteiger partial charge in [0.25, 0.3) is 0 Å². The predicted molar refractivity (Wildman–Crippen MR) is 110 cm³/mol. The van der Waals surface area contributed by atoms with Crippen LogP contribution in [0.15, 0.2) is 70.9 Å². The molecule has 2 aromatic rings. The molecule has 1 heterocycles. The van der Waals surface area contributed by atoms with Gasteiger partial charge in [0.1, 0.15) is 6.10 Å². The third-order valence-corrected chi connectivity index (χ3v) is 5.68. The molecular formula is C23H25N3O2. The minimum Gasteiger partial charge on any atom is -0.446 e. The first-order valence-corrected chi connectivity index (χ1v) is 9.96. The van der Waals surface area contributed by atoms with Crippen LogP contribution in [-0.2, 0) is 4.74 Å². The van der Waals surface area contributed by atoms with Crippen molar-refractivity contribution in [3.05, 3.63) is 71.8 Å². The van der Waals surface area contributed by atoms with E-state index in [1.807, 2.05) is 48.5 Å². The van der Waals surface area contributed by atoms with Crippen molar-refractivity contribution in [1.29, 1.82) is 0 Å². The van der Waals surface area contributed by atoms with E-state index in [9.17, 15) is 4.79 Å². The summed E-state index contributed by atoms with van der Waals surface area (Å²) >= 11 is 0. The Bertz CT molecular complexity index is 877. The van der Waals surface area contributed by atoms with Crippen molar-refractivity contribution >= 4 is 17.5 Å². The number of nitrogens with two attached hydrogens (primary N) is 1. The molecular weight excluding hydrogens is 350 g/mol. The van der Waals surface area contributed by atoms with E-state index in [0.29, 0.717) is 0 Å². The van der Waals surface area contributed by atoms with Crippen LogP contribution in [0.3, 0.4) is 0 Å². The van der Waals surface area contributed by atoms with Crippen molar-refractivity contribution in [3.8, 4) is 0 Å². The zero-order chi connectivity index (χ0) is 19.3. The molecule has 4 rings (SSSR count). The topological polar surface area (TPSA) is 77.0 Å². The van der Waals surface area contributed by atoms with Gasteiger partial charge in [0, 0.05) is 11.8 Å². The fourth-order valence-electron chi connectivity index (χ4n) is 4.45. The Labute approximate surface area is 165 Å². The van der Waals surface area contributed by atoms with E-state index in [4.69, 9.17) is 10.5 Å². The Morgan fingerprint density at radius 3 is 2.04 bits per heavy atom. The lowest BCUT2D eigenvalue weighted by molar-refractivity contribution is 0.0646. The third kappa shape index (κ3) is 3.84. The number of amides is 1. The highest BCUT2D eigenvalue weighted by atomic mass is 16.6. The maximum Gasteiger partial charge on any atom is 0.404 e. The molecule has 2 aliphatic rings. The molecule has 1 aliphatic carbocycles. The summed E-state index contributed by atoms with van der Waals surface area (Å²) in [6.45, 7) is 0. The van der Waals surface area contributed by atoms with Crippen LogP contribution in [0, 0.1) is 11.8 Å². The number of carbonyl (C=O) groups excluding carboxylic acids is 1. The first-order chi connectivity index (χ1) is 13.7. The fraction of sp³-hybridized carbons (Fsp3) is 0.348. The molecule has 5 heteroatoms. The van der Waals surface area contributed by atoms with Gasteiger partial charge in [0.15, 0.2) is 0 Å². The molecule has 0 aromatic heterocycles. The maximum atomic E-state index is 11.7. The van der Waals surface area contributed by atoms with Gasteiger partial charge in [-0.3, -0.25) is 0 Å². The SMILES string of the molecule is NC(=O)OC1CCCCCC2C(c3ccccc3)=NN=C(c3ccccc3)C12. The molecule has 0 radical (unpaired) electrons. The van der Waals surface area contributed by atoms with Crippen LogP contribution >= 0.6 is 0 Å². The summed E-state index contributed by atoms with van der Waals surface area (Å²) in [5.74, 6) is 0.0858. The van der Waals surface area contributed by atoms with Gasteiger partial charge in [0.2, 0.25) is 0 Å². The Hall–Kier alpha value is -2.95. The number of rotatable bonds is 3. The molecule has 3 unspecified atom stereocenters. The number of ether oxygens (including phenoxy) is 1. The molecule has 3 atom stereocenters. The van der Waals surface area contributed by atoms with Crippen molar-refractivity contribution in [1.82, 2.24) is 0 Å². The number of nitrogens with zero attached hydrogens (tertiary/aromatic N) is 2. The minimum atomic E-state index is -0.722. The molecule has 1 amide bonds. The molecule has 144 valence electrons. The Kier molecular flexibility index (Phi) is 5.51. The number of hydrogen-bond donors (Lipinski definition) is 1. The minimum absolute atomic E-state index is 0.0529. The molecule has 2 aromatic carbocycles. The van der Waals surface area contributed by atoms with Crippen LogP contribution in [0.5, 0.6) is 0 Å². The standard InChI is InChI=1S/C23H25N3O2/c24-23(27)28-19-15-9-3-8-14-18-20(19)22(17-12-6-2-7-13-17)26-25-21(18)16-10-4-1-5-11-16/h1-2,4-7,10-13,18-20H,3,8-9,14-15H2,(H2,24,27). The van der Waals surface area contributed by atoms with Gasteiger partial charge in [-0.15, -0.1) is 0 Å². The second-order valence-electron chi connectivity index (χ2n) is 7.45. The van der Waals surface area contributed by atoms with Gasteiger partial charge in [-0.2, -0.15) is 10.2 Å². The molecule has 0 spiro atoms. The number of primary amides is 1. The lowest BCUT2D eigenvalue weighted by Gasteiger charge is -2.38. The second kappa shape index (κ2) is 8.38. The van der Waals surface area contributed by atoms with E-state index in [2.05, 4.69) is 22.3 Å². The Morgan fingerprint density at radius 1 is 0.821 bits per heavy atom. The van der Waals surface area contributed by atoms with Crippen molar-refractivity contribution in [3.63, 3.8) is 0 Å². The summed E-state index contributed by atoms with van der Waals surface area (Å²) in [4.78, 5) is 11.7. The molecule has 2 N–H and O–H groups in total. The van der Waals surface area contributed by atoms with Gasteiger partial charge in [-0.1, -0.05) is 73.5 Å². The molecule has 0 bridgehead atoms. The van der Waals surface area contributed by atoms with Gasteiger partial charge in [-0.05, 0) is 30.4 Å². The monoisotopic (exact) mass is 375 g/mol. The lowest BCUT2D eigenvalue weighted by Crippen LogP contribution is -2.44. The van der Waals surface area contributed by atoms with E-state index in [0.717, 1.165) is 54.7 Å².